The summed E-state index contributed by atoms with van der Waals surface area (Å²) in [6, 6.07) is 7.27. The summed E-state index contributed by atoms with van der Waals surface area (Å²) in [5, 5.41) is 12.2. The van der Waals surface area contributed by atoms with E-state index in [0.29, 0.717) is 12.1 Å². The average Bonchev–Trinajstić information content (AvgIpc) is 2.35. The van der Waals surface area contributed by atoms with Gasteiger partial charge in [0.2, 0.25) is 5.91 Å². The van der Waals surface area contributed by atoms with Gasteiger partial charge < -0.3 is 16.2 Å². The van der Waals surface area contributed by atoms with E-state index in [-0.39, 0.29) is 12.5 Å². The number of carbonyl (C=O) groups is 1. The Morgan fingerprint density at radius 3 is 2.44 bits per heavy atom. The molecule has 0 radical (unpaired) electrons. The Morgan fingerprint density at radius 2 is 1.94 bits per heavy atom. The molecule has 1 atom stereocenters. The molecule has 4 nitrogen and oxygen atoms in total. The molecule has 1 unspecified atom stereocenters. The van der Waals surface area contributed by atoms with E-state index in [1.807, 2.05) is 32.9 Å². The molecule has 0 aromatic heterocycles. The third kappa shape index (κ3) is 3.47. The Bertz CT molecular complexity index is 399. The molecule has 0 heterocycles. The van der Waals surface area contributed by atoms with Crippen LogP contribution in [-0.4, -0.2) is 23.7 Å². The number of hydrogen-bond donors (Lipinski definition) is 3. The lowest BCUT2D eigenvalue weighted by atomic mass is 9.83. The Balaban J connectivity index is 2.73. The first kappa shape index (κ1) is 14.5. The molecule has 0 saturated heterocycles. The molecular formula is C14H22N2O2. The molecule has 0 saturated carbocycles. The lowest BCUT2D eigenvalue weighted by molar-refractivity contribution is -0.126. The van der Waals surface area contributed by atoms with Crippen molar-refractivity contribution in [1.29, 1.82) is 0 Å². The standard InChI is InChI=1S/C14H22N2O2/c1-4-12(17)9-16-13(18)14(2,3)10-5-7-11(15)8-6-10/h5-8,12,17H,4,9,15H2,1-3H3,(H,16,18). The van der Waals surface area contributed by atoms with Gasteiger partial charge >= 0.3 is 0 Å². The van der Waals surface area contributed by atoms with Gasteiger partial charge in [0.1, 0.15) is 0 Å². The smallest absolute Gasteiger partial charge is 0.230 e. The fourth-order valence-electron chi connectivity index (χ4n) is 1.61. The zero-order chi connectivity index (χ0) is 13.8. The van der Waals surface area contributed by atoms with Crippen LogP contribution in [0.3, 0.4) is 0 Å². The molecule has 0 aliphatic rings. The number of rotatable bonds is 5. The van der Waals surface area contributed by atoms with Gasteiger partial charge in [-0.25, -0.2) is 0 Å². The van der Waals surface area contributed by atoms with Crippen molar-refractivity contribution in [2.24, 2.45) is 0 Å². The molecule has 18 heavy (non-hydrogen) atoms. The Labute approximate surface area is 108 Å². The summed E-state index contributed by atoms with van der Waals surface area (Å²) in [4.78, 5) is 12.1. The monoisotopic (exact) mass is 250 g/mol. The van der Waals surface area contributed by atoms with Crippen LogP contribution in [0.2, 0.25) is 0 Å². The maximum absolute atomic E-state index is 12.1. The molecule has 0 aliphatic heterocycles. The number of nitrogens with one attached hydrogen (secondary N) is 1. The van der Waals surface area contributed by atoms with Crippen LogP contribution in [0.25, 0.3) is 0 Å². The molecule has 0 bridgehead atoms. The molecule has 4 heteroatoms. The molecule has 0 aliphatic carbocycles. The van der Waals surface area contributed by atoms with Crippen LogP contribution >= 0.6 is 0 Å². The predicted molar refractivity (Wildman–Crippen MR) is 73.2 cm³/mol. The molecule has 1 aromatic carbocycles. The number of nitrogen functional groups attached to an aromatic ring is 1. The fourth-order valence-corrected chi connectivity index (χ4v) is 1.61. The van der Waals surface area contributed by atoms with Crippen molar-refractivity contribution in [1.82, 2.24) is 5.32 Å². The van der Waals surface area contributed by atoms with Crippen LogP contribution in [0.5, 0.6) is 0 Å². The molecular weight excluding hydrogens is 228 g/mol. The maximum atomic E-state index is 12.1. The molecule has 1 amide bonds. The van der Waals surface area contributed by atoms with Crippen LogP contribution in [0.15, 0.2) is 24.3 Å². The summed E-state index contributed by atoms with van der Waals surface area (Å²) < 4.78 is 0. The van der Waals surface area contributed by atoms with E-state index in [1.165, 1.54) is 0 Å². The highest BCUT2D eigenvalue weighted by Crippen LogP contribution is 2.24. The lowest BCUT2D eigenvalue weighted by Gasteiger charge is -2.25. The van der Waals surface area contributed by atoms with Gasteiger partial charge in [-0.2, -0.15) is 0 Å². The first-order chi connectivity index (χ1) is 8.37. The molecule has 0 fully saturated rings. The van der Waals surface area contributed by atoms with E-state index >= 15 is 0 Å². The van der Waals surface area contributed by atoms with Gasteiger partial charge in [-0.1, -0.05) is 19.1 Å². The fraction of sp³-hybridized carbons (Fsp3) is 0.500. The van der Waals surface area contributed by atoms with Gasteiger partial charge in [0, 0.05) is 12.2 Å². The van der Waals surface area contributed by atoms with Gasteiger partial charge in [-0.05, 0) is 38.0 Å². The predicted octanol–water partition coefficient (Wildman–Crippen LogP) is 1.43. The van der Waals surface area contributed by atoms with Crippen molar-refractivity contribution >= 4 is 11.6 Å². The second kappa shape index (κ2) is 5.87. The van der Waals surface area contributed by atoms with Crippen molar-refractivity contribution in [2.45, 2.75) is 38.7 Å². The second-order valence-corrected chi connectivity index (χ2v) is 5.02. The summed E-state index contributed by atoms with van der Waals surface area (Å²) in [6.07, 6.45) is 0.138. The minimum atomic E-state index is -0.638. The zero-order valence-electron chi connectivity index (χ0n) is 11.2. The van der Waals surface area contributed by atoms with Crippen LogP contribution in [-0.2, 0) is 10.2 Å². The number of benzene rings is 1. The van der Waals surface area contributed by atoms with Crippen LogP contribution in [0, 0.1) is 0 Å². The number of nitrogens with two attached hydrogens (primary N) is 1. The number of aliphatic hydroxyl groups is 1. The minimum Gasteiger partial charge on any atom is -0.399 e. The normalized spacial score (nSPS) is 13.1. The van der Waals surface area contributed by atoms with Crippen LogP contribution in [0.4, 0.5) is 5.69 Å². The van der Waals surface area contributed by atoms with E-state index < -0.39 is 11.5 Å². The largest absolute Gasteiger partial charge is 0.399 e. The number of carbonyl (C=O) groups excluding carboxylic acids is 1. The van der Waals surface area contributed by atoms with Crippen molar-refractivity contribution in [3.63, 3.8) is 0 Å². The van der Waals surface area contributed by atoms with E-state index in [2.05, 4.69) is 5.32 Å². The van der Waals surface area contributed by atoms with Gasteiger partial charge in [-0.15, -0.1) is 0 Å². The van der Waals surface area contributed by atoms with Gasteiger partial charge in [0.05, 0.1) is 11.5 Å². The van der Waals surface area contributed by atoms with Crippen LogP contribution in [0.1, 0.15) is 32.8 Å². The number of amides is 1. The molecule has 1 aromatic rings. The third-order valence-corrected chi connectivity index (χ3v) is 3.17. The summed E-state index contributed by atoms with van der Waals surface area (Å²) in [5.74, 6) is -0.0974. The summed E-state index contributed by atoms with van der Waals surface area (Å²) in [5.41, 5.74) is 6.57. The second-order valence-electron chi connectivity index (χ2n) is 5.02. The maximum Gasteiger partial charge on any atom is 0.230 e. The van der Waals surface area contributed by atoms with Gasteiger partial charge in [-0.3, -0.25) is 4.79 Å². The van der Waals surface area contributed by atoms with E-state index in [4.69, 9.17) is 5.73 Å². The summed E-state index contributed by atoms with van der Waals surface area (Å²) in [6.45, 7) is 5.87. The Morgan fingerprint density at radius 1 is 1.39 bits per heavy atom. The molecule has 1 rings (SSSR count). The topological polar surface area (TPSA) is 75.3 Å². The van der Waals surface area contributed by atoms with Gasteiger partial charge in [0.15, 0.2) is 0 Å². The number of hydrogen-bond acceptors (Lipinski definition) is 3. The Hall–Kier alpha value is -1.55. The minimum absolute atomic E-state index is 0.0974. The summed E-state index contributed by atoms with van der Waals surface area (Å²) >= 11 is 0. The van der Waals surface area contributed by atoms with Crippen molar-refractivity contribution in [3.05, 3.63) is 29.8 Å². The van der Waals surface area contributed by atoms with Crippen LogP contribution < -0.4 is 11.1 Å². The average molecular weight is 250 g/mol. The highest BCUT2D eigenvalue weighted by Gasteiger charge is 2.29. The zero-order valence-corrected chi connectivity index (χ0v) is 11.2. The molecule has 100 valence electrons. The van der Waals surface area contributed by atoms with Crippen molar-refractivity contribution < 1.29 is 9.90 Å². The third-order valence-electron chi connectivity index (χ3n) is 3.17. The number of anilines is 1. The highest BCUT2D eigenvalue weighted by molar-refractivity contribution is 5.87. The first-order valence-corrected chi connectivity index (χ1v) is 6.20. The molecule has 0 spiro atoms. The van der Waals surface area contributed by atoms with E-state index in [0.717, 1.165) is 5.56 Å². The SMILES string of the molecule is CCC(O)CNC(=O)C(C)(C)c1ccc(N)cc1. The van der Waals surface area contributed by atoms with Crippen molar-refractivity contribution in [3.8, 4) is 0 Å². The first-order valence-electron chi connectivity index (χ1n) is 6.20. The number of aliphatic hydroxyl groups excluding tert-OH is 1. The summed E-state index contributed by atoms with van der Waals surface area (Å²) in [7, 11) is 0. The van der Waals surface area contributed by atoms with Gasteiger partial charge in [0.25, 0.3) is 0 Å². The highest BCUT2D eigenvalue weighted by atomic mass is 16.3. The molecule has 4 N–H and O–H groups in total. The Kier molecular flexibility index (Phi) is 4.73. The van der Waals surface area contributed by atoms with E-state index in [1.54, 1.807) is 12.1 Å². The van der Waals surface area contributed by atoms with E-state index in [9.17, 15) is 9.90 Å². The quantitative estimate of drug-likeness (QED) is 0.692. The lowest BCUT2D eigenvalue weighted by Crippen LogP contribution is -2.43. The van der Waals surface area contributed by atoms with Crippen molar-refractivity contribution in [2.75, 3.05) is 12.3 Å².